The van der Waals surface area contributed by atoms with E-state index in [1.54, 1.807) is 0 Å². The van der Waals surface area contributed by atoms with Crippen molar-refractivity contribution < 1.29 is 19.0 Å². The van der Waals surface area contributed by atoms with Crippen LogP contribution in [0.2, 0.25) is 0 Å². The molecule has 1 aromatic heterocycles. The smallest absolute Gasteiger partial charge is 0.320 e. The highest BCUT2D eigenvalue weighted by Crippen LogP contribution is 2.23. The Morgan fingerprint density at radius 1 is 1.46 bits per heavy atom. The first-order valence-electron chi connectivity index (χ1n) is 6.86. The number of anilines is 1. The maximum absolute atomic E-state index is 13.2. The molecule has 2 amide bonds. The average Bonchev–Trinajstić information content (AvgIpc) is 3.01. The third-order valence-electron chi connectivity index (χ3n) is 2.73. The molecule has 0 saturated carbocycles. The van der Waals surface area contributed by atoms with Gasteiger partial charge in [-0.2, -0.15) is 0 Å². The van der Waals surface area contributed by atoms with E-state index in [0.29, 0.717) is 12.2 Å². The van der Waals surface area contributed by atoms with E-state index in [-0.39, 0.29) is 21.8 Å². The van der Waals surface area contributed by atoms with Crippen molar-refractivity contribution in [1.82, 2.24) is 21.1 Å². The molecule has 0 unspecified atom stereocenters. The minimum atomic E-state index is -0.504. The lowest BCUT2D eigenvalue weighted by Gasteiger charge is -2.06. The molecule has 11 heteroatoms. The van der Waals surface area contributed by atoms with E-state index < -0.39 is 11.8 Å². The summed E-state index contributed by atoms with van der Waals surface area (Å²) in [5.74, 6) is -0.629. The van der Waals surface area contributed by atoms with Gasteiger partial charge in [0.2, 0.25) is 5.82 Å². The van der Waals surface area contributed by atoms with Gasteiger partial charge >= 0.3 is 6.03 Å². The van der Waals surface area contributed by atoms with Crippen LogP contribution in [0.3, 0.4) is 0 Å². The first-order chi connectivity index (χ1) is 11.5. The SMILES string of the molecule is CCCNC(=O)Nc1nonc1C(=Nc1ccc(F)c(Br)c1)NO. The fourth-order valence-corrected chi connectivity index (χ4v) is 2.00. The Morgan fingerprint density at radius 2 is 2.25 bits per heavy atom. The average molecular weight is 401 g/mol. The number of carbonyl (C=O) groups is 1. The quantitative estimate of drug-likeness (QED) is 0.347. The van der Waals surface area contributed by atoms with Crippen LogP contribution in [0.1, 0.15) is 19.0 Å². The van der Waals surface area contributed by atoms with E-state index in [1.807, 2.05) is 12.4 Å². The van der Waals surface area contributed by atoms with Gasteiger partial charge in [0, 0.05) is 6.54 Å². The molecular weight excluding hydrogens is 387 g/mol. The van der Waals surface area contributed by atoms with Gasteiger partial charge < -0.3 is 5.32 Å². The van der Waals surface area contributed by atoms with Crippen LogP contribution < -0.4 is 16.1 Å². The molecule has 0 fully saturated rings. The number of aliphatic imine (C=N–C) groups is 1. The van der Waals surface area contributed by atoms with E-state index in [2.05, 4.69) is 46.5 Å². The molecule has 1 aromatic carbocycles. The minimum Gasteiger partial charge on any atom is -0.338 e. The third-order valence-corrected chi connectivity index (χ3v) is 3.34. The number of amidine groups is 1. The summed E-state index contributed by atoms with van der Waals surface area (Å²) in [6, 6.07) is 3.50. The summed E-state index contributed by atoms with van der Waals surface area (Å²) in [5.41, 5.74) is 2.15. The van der Waals surface area contributed by atoms with Crippen LogP contribution in [-0.4, -0.2) is 33.9 Å². The van der Waals surface area contributed by atoms with Crippen LogP contribution in [0.15, 0.2) is 32.3 Å². The summed E-state index contributed by atoms with van der Waals surface area (Å²) in [6.45, 7) is 2.39. The van der Waals surface area contributed by atoms with Gasteiger partial charge in [-0.3, -0.25) is 16.0 Å². The normalized spacial score (nSPS) is 11.2. The highest BCUT2D eigenvalue weighted by Gasteiger charge is 2.18. The Hall–Kier alpha value is -2.53. The van der Waals surface area contributed by atoms with Gasteiger partial charge in [0.15, 0.2) is 11.5 Å². The number of aromatic nitrogens is 2. The van der Waals surface area contributed by atoms with Crippen LogP contribution >= 0.6 is 15.9 Å². The van der Waals surface area contributed by atoms with Crippen molar-refractivity contribution in [3.63, 3.8) is 0 Å². The molecule has 0 radical (unpaired) electrons. The summed E-state index contributed by atoms with van der Waals surface area (Å²) in [6.07, 6.45) is 0.766. The van der Waals surface area contributed by atoms with E-state index in [4.69, 9.17) is 0 Å². The summed E-state index contributed by atoms with van der Waals surface area (Å²) in [7, 11) is 0. The summed E-state index contributed by atoms with van der Waals surface area (Å²) in [5, 5.41) is 21.4. The molecule has 0 saturated heterocycles. The standard InChI is InChI=1S/C13H14BrFN6O3/c1-2-5-16-13(22)18-12-10(20-24-21-12)11(19-23)17-7-3-4-9(15)8(14)6-7/h3-4,6,23H,2,5H2,1H3,(H,17,19)(H2,16,18,21,22). The van der Waals surface area contributed by atoms with Gasteiger partial charge in [-0.25, -0.2) is 18.8 Å². The van der Waals surface area contributed by atoms with Crippen molar-refractivity contribution in [2.45, 2.75) is 13.3 Å². The molecule has 0 aliphatic carbocycles. The molecule has 0 bridgehead atoms. The Balaban J connectivity index is 2.24. The van der Waals surface area contributed by atoms with Gasteiger partial charge in [0.05, 0.1) is 10.2 Å². The monoisotopic (exact) mass is 400 g/mol. The Labute approximate surface area is 144 Å². The Morgan fingerprint density at radius 3 is 2.92 bits per heavy atom. The second-order valence-electron chi connectivity index (χ2n) is 4.51. The molecule has 0 spiro atoms. The number of urea groups is 1. The number of rotatable bonds is 5. The minimum absolute atomic E-state index is 0.0235. The predicted octanol–water partition coefficient (Wildman–Crippen LogP) is 2.56. The molecule has 0 aliphatic rings. The number of benzene rings is 1. The number of hydrogen-bond acceptors (Lipinski definition) is 6. The molecular formula is C13H14BrFN6O3. The number of nitrogens with zero attached hydrogens (tertiary/aromatic N) is 3. The molecule has 1 heterocycles. The molecule has 2 rings (SSSR count). The highest BCUT2D eigenvalue weighted by molar-refractivity contribution is 9.10. The van der Waals surface area contributed by atoms with Crippen LogP contribution in [-0.2, 0) is 0 Å². The lowest BCUT2D eigenvalue weighted by atomic mass is 10.3. The molecule has 0 atom stereocenters. The van der Waals surface area contributed by atoms with Crippen molar-refractivity contribution in [1.29, 1.82) is 0 Å². The molecule has 4 N–H and O–H groups in total. The zero-order valence-corrected chi connectivity index (χ0v) is 14.1. The zero-order chi connectivity index (χ0) is 17.5. The largest absolute Gasteiger partial charge is 0.338 e. The molecule has 9 nitrogen and oxygen atoms in total. The fraction of sp³-hybridized carbons (Fsp3) is 0.231. The van der Waals surface area contributed by atoms with Crippen molar-refractivity contribution in [3.8, 4) is 0 Å². The second-order valence-corrected chi connectivity index (χ2v) is 5.37. The lowest BCUT2D eigenvalue weighted by Crippen LogP contribution is -2.31. The Kier molecular flexibility index (Phi) is 6.21. The Bertz CT molecular complexity index is 751. The van der Waals surface area contributed by atoms with Crippen LogP contribution in [0.5, 0.6) is 0 Å². The van der Waals surface area contributed by atoms with Crippen LogP contribution in [0.25, 0.3) is 0 Å². The number of amides is 2. The maximum Gasteiger partial charge on any atom is 0.320 e. The van der Waals surface area contributed by atoms with Crippen LogP contribution in [0, 0.1) is 5.82 Å². The summed E-state index contributed by atoms with van der Waals surface area (Å²) >= 11 is 3.04. The second kappa shape index (κ2) is 8.36. The first kappa shape index (κ1) is 17.8. The maximum atomic E-state index is 13.2. The van der Waals surface area contributed by atoms with Gasteiger partial charge in [0.25, 0.3) is 0 Å². The molecule has 24 heavy (non-hydrogen) atoms. The predicted molar refractivity (Wildman–Crippen MR) is 86.8 cm³/mol. The fourth-order valence-electron chi connectivity index (χ4n) is 1.63. The topological polar surface area (TPSA) is 125 Å². The zero-order valence-electron chi connectivity index (χ0n) is 12.5. The summed E-state index contributed by atoms with van der Waals surface area (Å²) in [4.78, 5) is 15.7. The van der Waals surface area contributed by atoms with Crippen LogP contribution in [0.4, 0.5) is 20.7 Å². The molecule has 0 aliphatic heterocycles. The van der Waals surface area contributed by atoms with Crippen molar-refractivity contribution in [3.05, 3.63) is 34.2 Å². The number of nitrogens with one attached hydrogen (secondary N) is 3. The molecule has 128 valence electrons. The van der Waals surface area contributed by atoms with Gasteiger partial charge in [0.1, 0.15) is 5.82 Å². The van der Waals surface area contributed by atoms with Crippen molar-refractivity contribution >= 4 is 39.3 Å². The number of hydrogen-bond donors (Lipinski definition) is 4. The van der Waals surface area contributed by atoms with Gasteiger partial charge in [-0.15, -0.1) is 0 Å². The van der Waals surface area contributed by atoms with Gasteiger partial charge in [-0.05, 0) is 50.9 Å². The molecule has 2 aromatic rings. The highest BCUT2D eigenvalue weighted by atomic mass is 79.9. The number of hydroxylamine groups is 1. The van der Waals surface area contributed by atoms with E-state index in [1.165, 1.54) is 18.2 Å². The lowest BCUT2D eigenvalue weighted by molar-refractivity contribution is 0.234. The van der Waals surface area contributed by atoms with Crippen molar-refractivity contribution in [2.24, 2.45) is 4.99 Å². The first-order valence-corrected chi connectivity index (χ1v) is 7.66. The summed E-state index contributed by atoms with van der Waals surface area (Å²) < 4.78 is 18.0. The number of carbonyl (C=O) groups excluding carboxylic acids is 1. The van der Waals surface area contributed by atoms with E-state index in [0.717, 1.165) is 6.42 Å². The van der Waals surface area contributed by atoms with E-state index in [9.17, 15) is 14.4 Å². The number of halogens is 2. The van der Waals surface area contributed by atoms with Gasteiger partial charge in [-0.1, -0.05) is 6.92 Å². The third kappa shape index (κ3) is 4.49. The van der Waals surface area contributed by atoms with E-state index >= 15 is 0 Å². The van der Waals surface area contributed by atoms with Crippen molar-refractivity contribution in [2.75, 3.05) is 11.9 Å².